The van der Waals surface area contributed by atoms with Gasteiger partial charge in [-0.2, -0.15) is 0 Å². The maximum Gasteiger partial charge on any atom is 0.196 e. The standard InChI is InChI=1S/C13H14ClNO3S/c1-9(7-14)8-19(17,18)13-12-6-11(16)3-2-10(12)4-5-15-13/h2-6,9,16H,7-8H2,1H3. The zero-order valence-electron chi connectivity index (χ0n) is 10.4. The third-order valence-corrected chi connectivity index (χ3v) is 5.22. The van der Waals surface area contributed by atoms with Gasteiger partial charge in [0.05, 0.1) is 5.75 Å². The van der Waals surface area contributed by atoms with Crippen LogP contribution in [0.2, 0.25) is 0 Å². The number of phenolic OH excluding ortho intramolecular Hbond substituents is 1. The molecule has 0 aliphatic rings. The average Bonchev–Trinajstić information content (AvgIpc) is 2.37. The minimum absolute atomic E-state index is 0.00198. The van der Waals surface area contributed by atoms with Gasteiger partial charge in [0.1, 0.15) is 5.75 Å². The fraction of sp³-hybridized carbons (Fsp3) is 0.308. The molecule has 0 aliphatic heterocycles. The van der Waals surface area contributed by atoms with Crippen molar-refractivity contribution in [2.45, 2.75) is 11.9 Å². The minimum Gasteiger partial charge on any atom is -0.508 e. The summed E-state index contributed by atoms with van der Waals surface area (Å²) >= 11 is 5.66. The summed E-state index contributed by atoms with van der Waals surface area (Å²) in [7, 11) is -3.52. The van der Waals surface area contributed by atoms with Crippen molar-refractivity contribution in [2.24, 2.45) is 5.92 Å². The van der Waals surface area contributed by atoms with Crippen LogP contribution in [0.15, 0.2) is 35.5 Å². The fourth-order valence-corrected chi connectivity index (χ4v) is 3.87. The Morgan fingerprint density at radius 2 is 2.11 bits per heavy atom. The van der Waals surface area contributed by atoms with Crippen LogP contribution < -0.4 is 0 Å². The Hall–Kier alpha value is -1.33. The van der Waals surface area contributed by atoms with Crippen LogP contribution in [0.5, 0.6) is 5.75 Å². The summed E-state index contributed by atoms with van der Waals surface area (Å²) in [5, 5.41) is 10.7. The Kier molecular flexibility index (Phi) is 3.96. The molecule has 1 atom stereocenters. The second-order valence-electron chi connectivity index (χ2n) is 4.56. The Bertz CT molecular complexity index is 700. The second kappa shape index (κ2) is 5.35. The van der Waals surface area contributed by atoms with E-state index in [0.717, 1.165) is 5.39 Å². The SMILES string of the molecule is CC(CCl)CS(=O)(=O)c1nccc2ccc(O)cc12. The number of phenols is 1. The van der Waals surface area contributed by atoms with Crippen molar-refractivity contribution < 1.29 is 13.5 Å². The molecule has 0 radical (unpaired) electrons. The number of sulfone groups is 1. The van der Waals surface area contributed by atoms with Gasteiger partial charge in [-0.3, -0.25) is 0 Å². The first kappa shape index (κ1) is 14.1. The molecule has 0 fully saturated rings. The van der Waals surface area contributed by atoms with Crippen LogP contribution in [-0.2, 0) is 9.84 Å². The molecule has 2 aromatic rings. The highest BCUT2D eigenvalue weighted by atomic mass is 35.5. The van der Waals surface area contributed by atoms with Crippen LogP contribution in [-0.4, -0.2) is 30.1 Å². The van der Waals surface area contributed by atoms with E-state index in [1.54, 1.807) is 19.1 Å². The number of hydrogen-bond donors (Lipinski definition) is 1. The summed E-state index contributed by atoms with van der Waals surface area (Å²) in [6.45, 7) is 1.77. The largest absolute Gasteiger partial charge is 0.508 e. The van der Waals surface area contributed by atoms with Gasteiger partial charge in [0, 0.05) is 17.5 Å². The molecule has 0 aliphatic carbocycles. The van der Waals surface area contributed by atoms with E-state index in [0.29, 0.717) is 5.39 Å². The molecule has 6 heteroatoms. The zero-order chi connectivity index (χ0) is 14.0. The number of alkyl halides is 1. The summed E-state index contributed by atoms with van der Waals surface area (Å²) < 4.78 is 24.6. The summed E-state index contributed by atoms with van der Waals surface area (Å²) in [5.41, 5.74) is 0. The molecule has 19 heavy (non-hydrogen) atoms. The van der Waals surface area contributed by atoms with Gasteiger partial charge in [-0.25, -0.2) is 13.4 Å². The lowest BCUT2D eigenvalue weighted by atomic mass is 10.2. The quantitative estimate of drug-likeness (QED) is 0.881. The minimum atomic E-state index is -3.52. The van der Waals surface area contributed by atoms with E-state index in [2.05, 4.69) is 4.98 Å². The third kappa shape index (κ3) is 2.98. The van der Waals surface area contributed by atoms with Crippen LogP contribution in [0.25, 0.3) is 10.8 Å². The maximum absolute atomic E-state index is 12.3. The smallest absolute Gasteiger partial charge is 0.196 e. The van der Waals surface area contributed by atoms with Crippen LogP contribution in [0.1, 0.15) is 6.92 Å². The first-order valence-electron chi connectivity index (χ1n) is 5.80. The molecular weight excluding hydrogens is 286 g/mol. The number of pyridine rings is 1. The Labute approximate surface area is 117 Å². The van der Waals surface area contributed by atoms with E-state index >= 15 is 0 Å². The van der Waals surface area contributed by atoms with Gasteiger partial charge in [-0.1, -0.05) is 13.0 Å². The zero-order valence-corrected chi connectivity index (χ0v) is 11.9. The topological polar surface area (TPSA) is 67.3 Å². The molecule has 1 N–H and O–H groups in total. The molecule has 102 valence electrons. The molecule has 0 amide bonds. The predicted molar refractivity (Wildman–Crippen MR) is 75.3 cm³/mol. The van der Waals surface area contributed by atoms with E-state index in [4.69, 9.17) is 11.6 Å². The van der Waals surface area contributed by atoms with Gasteiger partial charge in [0.25, 0.3) is 0 Å². The number of fused-ring (bicyclic) bond motifs is 1. The first-order valence-corrected chi connectivity index (χ1v) is 7.99. The van der Waals surface area contributed by atoms with Gasteiger partial charge in [-0.05, 0) is 29.5 Å². The molecule has 1 aromatic heterocycles. The fourth-order valence-electron chi connectivity index (χ4n) is 1.88. The van der Waals surface area contributed by atoms with E-state index in [1.165, 1.54) is 18.3 Å². The monoisotopic (exact) mass is 299 g/mol. The Balaban J connectivity index is 2.59. The summed E-state index contributed by atoms with van der Waals surface area (Å²) in [4.78, 5) is 3.96. The van der Waals surface area contributed by atoms with Crippen LogP contribution in [0.3, 0.4) is 0 Å². The van der Waals surface area contributed by atoms with Gasteiger partial charge >= 0.3 is 0 Å². The van der Waals surface area contributed by atoms with Gasteiger partial charge < -0.3 is 5.11 Å². The molecule has 0 saturated carbocycles. The van der Waals surface area contributed by atoms with Gasteiger partial charge in [-0.15, -0.1) is 11.6 Å². The lowest BCUT2D eigenvalue weighted by Gasteiger charge is -2.10. The molecule has 0 saturated heterocycles. The molecule has 1 aromatic carbocycles. The van der Waals surface area contributed by atoms with Crippen LogP contribution >= 0.6 is 11.6 Å². The number of rotatable bonds is 4. The molecule has 0 bridgehead atoms. The number of benzene rings is 1. The molecule has 2 rings (SSSR count). The molecule has 1 unspecified atom stereocenters. The predicted octanol–water partition coefficient (Wildman–Crippen LogP) is 2.59. The molecule has 1 heterocycles. The summed E-state index contributed by atoms with van der Waals surface area (Å²) in [6.07, 6.45) is 1.46. The molecule has 0 spiro atoms. The van der Waals surface area contributed by atoms with Crippen molar-refractivity contribution in [3.8, 4) is 5.75 Å². The van der Waals surface area contributed by atoms with Crippen molar-refractivity contribution in [3.05, 3.63) is 30.5 Å². The van der Waals surface area contributed by atoms with E-state index in [9.17, 15) is 13.5 Å². The lowest BCUT2D eigenvalue weighted by molar-refractivity contribution is 0.476. The highest BCUT2D eigenvalue weighted by Gasteiger charge is 2.22. The normalized spacial score (nSPS) is 13.6. The molecular formula is C13H14ClNO3S. The number of nitrogens with zero attached hydrogens (tertiary/aromatic N) is 1. The average molecular weight is 300 g/mol. The highest BCUT2D eigenvalue weighted by Crippen LogP contribution is 2.26. The second-order valence-corrected chi connectivity index (χ2v) is 6.82. The van der Waals surface area contributed by atoms with Gasteiger partial charge in [0.15, 0.2) is 14.9 Å². The van der Waals surface area contributed by atoms with E-state index in [1.807, 2.05) is 0 Å². The first-order chi connectivity index (χ1) is 8.94. The maximum atomic E-state index is 12.3. The van der Waals surface area contributed by atoms with Crippen molar-refractivity contribution in [3.63, 3.8) is 0 Å². The van der Waals surface area contributed by atoms with Crippen molar-refractivity contribution in [1.29, 1.82) is 0 Å². The van der Waals surface area contributed by atoms with E-state index in [-0.39, 0.29) is 28.3 Å². The Morgan fingerprint density at radius 3 is 2.79 bits per heavy atom. The van der Waals surface area contributed by atoms with Crippen molar-refractivity contribution in [2.75, 3.05) is 11.6 Å². The van der Waals surface area contributed by atoms with Crippen LogP contribution in [0, 0.1) is 5.92 Å². The Morgan fingerprint density at radius 1 is 1.37 bits per heavy atom. The summed E-state index contributed by atoms with van der Waals surface area (Å²) in [5.74, 6) is 0.0800. The summed E-state index contributed by atoms with van der Waals surface area (Å²) in [6, 6.07) is 6.30. The van der Waals surface area contributed by atoms with Crippen LogP contribution in [0.4, 0.5) is 0 Å². The number of halogens is 1. The number of aromatic nitrogens is 1. The van der Waals surface area contributed by atoms with Gasteiger partial charge in [0.2, 0.25) is 0 Å². The van der Waals surface area contributed by atoms with Crippen molar-refractivity contribution in [1.82, 2.24) is 4.98 Å². The third-order valence-electron chi connectivity index (χ3n) is 2.78. The number of hydrogen-bond acceptors (Lipinski definition) is 4. The highest BCUT2D eigenvalue weighted by molar-refractivity contribution is 7.91. The number of aromatic hydroxyl groups is 1. The van der Waals surface area contributed by atoms with Crippen molar-refractivity contribution >= 4 is 32.2 Å². The van der Waals surface area contributed by atoms with E-state index < -0.39 is 9.84 Å². The molecule has 4 nitrogen and oxygen atoms in total. The lowest BCUT2D eigenvalue weighted by Crippen LogP contribution is -2.16.